The highest BCUT2D eigenvalue weighted by atomic mass is 79.9. The van der Waals surface area contributed by atoms with Gasteiger partial charge < -0.3 is 0 Å². The molecule has 76 valence electrons. The average Bonchev–Trinajstić information content (AvgIpc) is 2.31. The van der Waals surface area contributed by atoms with E-state index in [4.69, 9.17) is 0 Å². The molecule has 2 aromatic heterocycles. The first-order chi connectivity index (χ1) is 7.36. The van der Waals surface area contributed by atoms with E-state index in [-0.39, 0.29) is 0 Å². The highest BCUT2D eigenvalue weighted by Gasteiger charge is 2.07. The fourth-order valence-electron chi connectivity index (χ4n) is 1.40. The molecule has 0 spiro atoms. The third-order valence-electron chi connectivity index (χ3n) is 2.21. The lowest BCUT2D eigenvalue weighted by Gasteiger charge is -2.09. The molecule has 0 radical (unpaired) electrons. The molecule has 15 heavy (non-hydrogen) atoms. The Balaban J connectivity index is 2.08. The first-order valence-electron chi connectivity index (χ1n) is 4.79. The van der Waals surface area contributed by atoms with Crippen molar-refractivity contribution >= 4 is 15.9 Å². The van der Waals surface area contributed by atoms with Gasteiger partial charge in [-0.05, 0) is 35.7 Å². The second-order valence-corrected chi connectivity index (χ2v) is 4.42. The molecule has 0 saturated carbocycles. The van der Waals surface area contributed by atoms with E-state index in [1.807, 2.05) is 36.8 Å². The summed E-state index contributed by atoms with van der Waals surface area (Å²) in [4.78, 5) is 8.42. The van der Waals surface area contributed by atoms with Crippen molar-refractivity contribution < 1.29 is 0 Å². The Labute approximate surface area is 97.5 Å². The summed E-state index contributed by atoms with van der Waals surface area (Å²) in [6.07, 6.45) is 8.26. The molecular formula is C12H11BrN2. The van der Waals surface area contributed by atoms with Crippen LogP contribution in [0.15, 0.2) is 49.1 Å². The van der Waals surface area contributed by atoms with Crippen LogP contribution in [0, 0.1) is 0 Å². The van der Waals surface area contributed by atoms with E-state index in [2.05, 4.69) is 32.0 Å². The normalized spacial score (nSPS) is 12.3. The maximum atomic E-state index is 4.11. The van der Waals surface area contributed by atoms with Gasteiger partial charge in [0.25, 0.3) is 0 Å². The molecular weight excluding hydrogens is 252 g/mol. The van der Waals surface area contributed by atoms with Gasteiger partial charge in [0.1, 0.15) is 0 Å². The molecule has 1 unspecified atom stereocenters. The van der Waals surface area contributed by atoms with Crippen molar-refractivity contribution in [2.24, 2.45) is 0 Å². The van der Waals surface area contributed by atoms with Crippen LogP contribution < -0.4 is 0 Å². The Morgan fingerprint density at radius 2 is 1.87 bits per heavy atom. The molecule has 0 aliphatic carbocycles. The molecule has 0 fully saturated rings. The summed E-state index contributed by atoms with van der Waals surface area (Å²) < 4.78 is 0. The number of rotatable bonds is 3. The third kappa shape index (κ3) is 2.86. The van der Waals surface area contributed by atoms with Gasteiger partial charge in [-0.1, -0.05) is 22.0 Å². The summed E-state index contributed by atoms with van der Waals surface area (Å²) in [6, 6.07) is 8.10. The van der Waals surface area contributed by atoms with E-state index < -0.39 is 0 Å². The molecule has 2 rings (SSSR count). The monoisotopic (exact) mass is 262 g/mol. The van der Waals surface area contributed by atoms with Gasteiger partial charge in [-0.3, -0.25) is 9.97 Å². The first-order valence-corrected chi connectivity index (χ1v) is 5.71. The smallest absolute Gasteiger partial charge is 0.0450 e. The van der Waals surface area contributed by atoms with E-state index in [1.54, 1.807) is 6.20 Å². The zero-order valence-electron chi connectivity index (χ0n) is 8.18. The van der Waals surface area contributed by atoms with Crippen LogP contribution in [0.5, 0.6) is 0 Å². The van der Waals surface area contributed by atoms with Crippen molar-refractivity contribution in [3.05, 3.63) is 60.2 Å². The fraction of sp³-hybridized carbons (Fsp3) is 0.167. The third-order valence-corrected chi connectivity index (χ3v) is 3.06. The van der Waals surface area contributed by atoms with Crippen LogP contribution in [-0.2, 0) is 6.42 Å². The number of hydrogen-bond acceptors (Lipinski definition) is 2. The zero-order valence-corrected chi connectivity index (χ0v) is 9.76. The Hall–Kier alpha value is -1.22. The molecule has 0 aromatic carbocycles. The molecule has 0 saturated heterocycles. The lowest BCUT2D eigenvalue weighted by Crippen LogP contribution is -1.95. The Morgan fingerprint density at radius 1 is 1.07 bits per heavy atom. The zero-order chi connectivity index (χ0) is 10.5. The lowest BCUT2D eigenvalue weighted by molar-refractivity contribution is 0.935. The number of nitrogens with zero attached hydrogens (tertiary/aromatic N) is 2. The first kappa shape index (κ1) is 10.3. The van der Waals surface area contributed by atoms with Crippen molar-refractivity contribution in [1.29, 1.82) is 0 Å². The predicted octanol–water partition coefficient (Wildman–Crippen LogP) is 3.16. The van der Waals surface area contributed by atoms with Crippen molar-refractivity contribution in [3.8, 4) is 0 Å². The van der Waals surface area contributed by atoms with Gasteiger partial charge in [-0.15, -0.1) is 0 Å². The van der Waals surface area contributed by atoms with Crippen LogP contribution in [0.2, 0.25) is 0 Å². The molecule has 2 heterocycles. The number of hydrogen-bond donors (Lipinski definition) is 0. The number of pyridine rings is 2. The summed E-state index contributed by atoms with van der Waals surface area (Å²) in [6.45, 7) is 0. The highest BCUT2D eigenvalue weighted by molar-refractivity contribution is 9.09. The molecule has 1 atom stereocenters. The van der Waals surface area contributed by atoms with Crippen LogP contribution in [0.3, 0.4) is 0 Å². The van der Waals surface area contributed by atoms with Gasteiger partial charge in [-0.2, -0.15) is 0 Å². The molecule has 3 heteroatoms. The molecule has 2 nitrogen and oxygen atoms in total. The summed E-state index contributed by atoms with van der Waals surface area (Å²) >= 11 is 3.66. The predicted molar refractivity (Wildman–Crippen MR) is 63.8 cm³/mol. The van der Waals surface area contributed by atoms with Gasteiger partial charge in [-0.25, -0.2) is 0 Å². The minimum atomic E-state index is 0.314. The van der Waals surface area contributed by atoms with Crippen molar-refractivity contribution in [1.82, 2.24) is 9.97 Å². The standard InChI is InChI=1S/C12H11BrN2/c13-12(11-2-1-5-15-9-11)8-10-3-6-14-7-4-10/h1-7,9,12H,8H2. The second-order valence-electron chi connectivity index (χ2n) is 3.31. The van der Waals surface area contributed by atoms with E-state index in [1.165, 1.54) is 11.1 Å². The van der Waals surface area contributed by atoms with Crippen LogP contribution in [-0.4, -0.2) is 9.97 Å². The minimum absolute atomic E-state index is 0.314. The number of halogens is 1. The quantitative estimate of drug-likeness (QED) is 0.795. The Bertz CT molecular complexity index is 402. The van der Waals surface area contributed by atoms with Gasteiger partial charge in [0.15, 0.2) is 0 Å². The molecule has 0 aliphatic rings. The van der Waals surface area contributed by atoms with Gasteiger partial charge >= 0.3 is 0 Å². The molecule has 0 N–H and O–H groups in total. The van der Waals surface area contributed by atoms with Crippen molar-refractivity contribution in [3.63, 3.8) is 0 Å². The molecule has 0 bridgehead atoms. The highest BCUT2D eigenvalue weighted by Crippen LogP contribution is 2.25. The van der Waals surface area contributed by atoms with Crippen LogP contribution in [0.25, 0.3) is 0 Å². The molecule has 0 amide bonds. The van der Waals surface area contributed by atoms with Crippen LogP contribution in [0.1, 0.15) is 16.0 Å². The second kappa shape index (κ2) is 5.03. The number of alkyl halides is 1. The fourth-order valence-corrected chi connectivity index (χ4v) is 2.05. The lowest BCUT2D eigenvalue weighted by atomic mass is 10.1. The average molecular weight is 263 g/mol. The Kier molecular flexibility index (Phi) is 3.45. The van der Waals surface area contributed by atoms with E-state index >= 15 is 0 Å². The molecule has 2 aromatic rings. The van der Waals surface area contributed by atoms with Gasteiger partial charge in [0.2, 0.25) is 0 Å². The van der Waals surface area contributed by atoms with Gasteiger partial charge in [0.05, 0.1) is 0 Å². The maximum Gasteiger partial charge on any atom is 0.0450 e. The molecule has 0 aliphatic heterocycles. The summed E-state index contributed by atoms with van der Waals surface area (Å²) in [5.41, 5.74) is 2.48. The Morgan fingerprint density at radius 3 is 2.53 bits per heavy atom. The van der Waals surface area contributed by atoms with E-state index in [0.717, 1.165) is 6.42 Å². The largest absolute Gasteiger partial charge is 0.265 e. The van der Waals surface area contributed by atoms with Crippen LogP contribution >= 0.6 is 15.9 Å². The SMILES string of the molecule is BrC(Cc1ccncc1)c1cccnc1. The van der Waals surface area contributed by atoms with Crippen LogP contribution in [0.4, 0.5) is 0 Å². The van der Waals surface area contributed by atoms with Gasteiger partial charge in [0, 0.05) is 29.6 Å². The number of aromatic nitrogens is 2. The van der Waals surface area contributed by atoms with E-state index in [0.29, 0.717) is 4.83 Å². The summed E-state index contributed by atoms with van der Waals surface area (Å²) in [7, 11) is 0. The minimum Gasteiger partial charge on any atom is -0.265 e. The van der Waals surface area contributed by atoms with Crippen molar-refractivity contribution in [2.75, 3.05) is 0 Å². The summed E-state index contributed by atoms with van der Waals surface area (Å²) in [5, 5.41) is 0. The maximum absolute atomic E-state index is 4.11. The van der Waals surface area contributed by atoms with E-state index in [9.17, 15) is 0 Å². The topological polar surface area (TPSA) is 25.8 Å². The summed E-state index contributed by atoms with van der Waals surface area (Å²) in [5.74, 6) is 0. The van der Waals surface area contributed by atoms with Crippen molar-refractivity contribution in [2.45, 2.75) is 11.2 Å².